The van der Waals surface area contributed by atoms with Gasteiger partial charge in [0.2, 0.25) is 0 Å². The minimum Gasteiger partial charge on any atom is -0.478 e. The fraction of sp³-hybridized carbons (Fsp3) is 0.261. The van der Waals surface area contributed by atoms with Gasteiger partial charge in [-0.05, 0) is 66.7 Å². The first-order chi connectivity index (χ1) is 14.5. The van der Waals surface area contributed by atoms with Crippen LogP contribution in [0.4, 0.5) is 0 Å². The van der Waals surface area contributed by atoms with Crippen LogP contribution in [0.15, 0.2) is 67.0 Å². The summed E-state index contributed by atoms with van der Waals surface area (Å²) in [7, 11) is 0. The second-order valence-corrected chi connectivity index (χ2v) is 8.21. The van der Waals surface area contributed by atoms with E-state index in [1.807, 2.05) is 42.6 Å². The summed E-state index contributed by atoms with van der Waals surface area (Å²) in [5.74, 6) is -0.494. The minimum absolute atomic E-state index is 0.0380. The molecule has 0 radical (unpaired) electrons. The molecule has 154 valence electrons. The molecule has 2 atom stereocenters. The molecule has 2 aromatic heterocycles. The Morgan fingerprint density at radius 3 is 2.57 bits per heavy atom. The molecule has 7 heteroatoms. The fourth-order valence-corrected chi connectivity index (χ4v) is 4.27. The molecule has 0 spiro atoms. The van der Waals surface area contributed by atoms with Gasteiger partial charge in [-0.3, -0.25) is 4.98 Å². The molecule has 1 aromatic carbocycles. The van der Waals surface area contributed by atoms with E-state index in [0.29, 0.717) is 5.92 Å². The van der Waals surface area contributed by atoms with Crippen molar-refractivity contribution in [1.29, 1.82) is 0 Å². The second kappa shape index (κ2) is 8.28. The summed E-state index contributed by atoms with van der Waals surface area (Å²) in [5.41, 5.74) is 3.18. The molecule has 1 aliphatic rings. The maximum absolute atomic E-state index is 11.2. The van der Waals surface area contributed by atoms with Gasteiger partial charge >= 0.3 is 5.97 Å². The SMILES string of the molecule is CC(C)CN1C(=S)NC(c2ccccn2)C1c1cccn1-c1ccc(C(=O)O)cc1. The summed E-state index contributed by atoms with van der Waals surface area (Å²) in [4.78, 5) is 18.0. The highest BCUT2D eigenvalue weighted by atomic mass is 32.1. The molecule has 30 heavy (non-hydrogen) atoms. The lowest BCUT2D eigenvalue weighted by Gasteiger charge is -2.30. The zero-order valence-electron chi connectivity index (χ0n) is 16.9. The van der Waals surface area contributed by atoms with Crippen molar-refractivity contribution in [3.63, 3.8) is 0 Å². The number of benzene rings is 1. The van der Waals surface area contributed by atoms with Crippen LogP contribution in [-0.4, -0.2) is 37.2 Å². The molecule has 2 N–H and O–H groups in total. The van der Waals surface area contributed by atoms with Crippen LogP contribution in [0, 0.1) is 5.92 Å². The van der Waals surface area contributed by atoms with Crippen molar-refractivity contribution in [2.45, 2.75) is 25.9 Å². The van der Waals surface area contributed by atoms with Gasteiger partial charge in [-0.15, -0.1) is 0 Å². The number of thiocarbonyl (C=S) groups is 1. The van der Waals surface area contributed by atoms with Gasteiger partial charge in [-0.1, -0.05) is 19.9 Å². The first kappa shape index (κ1) is 20.1. The number of aromatic carboxylic acids is 1. The molecular weight excluding hydrogens is 396 g/mol. The molecule has 4 rings (SSSR count). The highest BCUT2D eigenvalue weighted by Gasteiger charge is 2.41. The Morgan fingerprint density at radius 2 is 1.93 bits per heavy atom. The third-order valence-electron chi connectivity index (χ3n) is 5.24. The predicted molar refractivity (Wildman–Crippen MR) is 120 cm³/mol. The van der Waals surface area contributed by atoms with E-state index in [1.165, 1.54) is 0 Å². The van der Waals surface area contributed by atoms with Gasteiger partial charge in [-0.25, -0.2) is 4.79 Å². The molecule has 2 unspecified atom stereocenters. The van der Waals surface area contributed by atoms with Gasteiger partial charge in [0.25, 0.3) is 0 Å². The Morgan fingerprint density at radius 1 is 1.17 bits per heavy atom. The summed E-state index contributed by atoms with van der Waals surface area (Å²) in [6.45, 7) is 5.18. The predicted octanol–water partition coefficient (Wildman–Crippen LogP) is 4.20. The lowest BCUT2D eigenvalue weighted by molar-refractivity contribution is 0.0697. The molecule has 0 aliphatic carbocycles. The van der Waals surface area contributed by atoms with Crippen LogP contribution in [-0.2, 0) is 0 Å². The monoisotopic (exact) mass is 420 g/mol. The van der Waals surface area contributed by atoms with Crippen LogP contribution in [0.1, 0.15) is 47.7 Å². The average molecular weight is 421 g/mol. The minimum atomic E-state index is -0.932. The van der Waals surface area contributed by atoms with Gasteiger partial charge in [0.05, 0.1) is 23.3 Å². The van der Waals surface area contributed by atoms with E-state index in [-0.39, 0.29) is 17.6 Å². The van der Waals surface area contributed by atoms with Crippen LogP contribution < -0.4 is 5.32 Å². The van der Waals surface area contributed by atoms with E-state index in [4.69, 9.17) is 12.2 Å². The number of nitrogens with one attached hydrogen (secondary N) is 1. The Hall–Kier alpha value is -3.19. The van der Waals surface area contributed by atoms with Crippen molar-refractivity contribution >= 4 is 23.3 Å². The van der Waals surface area contributed by atoms with Crippen LogP contribution in [0.25, 0.3) is 5.69 Å². The zero-order chi connectivity index (χ0) is 21.3. The second-order valence-electron chi connectivity index (χ2n) is 7.83. The quantitative estimate of drug-likeness (QED) is 0.583. The molecule has 3 heterocycles. The molecule has 0 amide bonds. The molecule has 1 saturated heterocycles. The number of hydrogen-bond donors (Lipinski definition) is 2. The molecule has 0 saturated carbocycles. The van der Waals surface area contributed by atoms with E-state index in [1.54, 1.807) is 18.3 Å². The normalized spacial score (nSPS) is 18.6. The summed E-state index contributed by atoms with van der Waals surface area (Å²) in [6, 6.07) is 16.8. The number of carbonyl (C=O) groups is 1. The lowest BCUT2D eigenvalue weighted by atomic mass is 10.0. The summed E-state index contributed by atoms with van der Waals surface area (Å²) >= 11 is 5.71. The molecule has 6 nitrogen and oxygen atoms in total. The third kappa shape index (κ3) is 3.80. The van der Waals surface area contributed by atoms with Crippen LogP contribution in [0.2, 0.25) is 0 Å². The highest BCUT2D eigenvalue weighted by Crippen LogP contribution is 2.39. The lowest BCUT2D eigenvalue weighted by Crippen LogP contribution is -2.33. The largest absolute Gasteiger partial charge is 0.478 e. The Balaban J connectivity index is 1.78. The number of aromatic nitrogens is 2. The number of rotatable bonds is 6. The van der Waals surface area contributed by atoms with Crippen molar-refractivity contribution in [1.82, 2.24) is 19.8 Å². The number of hydrogen-bond acceptors (Lipinski definition) is 3. The Labute approximate surface area is 181 Å². The summed E-state index contributed by atoms with van der Waals surface area (Å²) < 4.78 is 2.09. The first-order valence-electron chi connectivity index (χ1n) is 9.94. The van der Waals surface area contributed by atoms with Crippen LogP contribution >= 0.6 is 12.2 Å². The van der Waals surface area contributed by atoms with E-state index in [9.17, 15) is 9.90 Å². The summed E-state index contributed by atoms with van der Waals surface area (Å²) in [5, 5.41) is 13.4. The maximum Gasteiger partial charge on any atom is 0.335 e. The van der Waals surface area contributed by atoms with Crippen LogP contribution in [0.3, 0.4) is 0 Å². The van der Waals surface area contributed by atoms with Crippen molar-refractivity contribution in [2.24, 2.45) is 5.92 Å². The van der Waals surface area contributed by atoms with Gasteiger partial charge in [-0.2, -0.15) is 0 Å². The van der Waals surface area contributed by atoms with Crippen molar-refractivity contribution in [3.05, 3.63) is 83.9 Å². The average Bonchev–Trinajstić information content (AvgIpc) is 3.33. The standard InChI is InChI=1S/C23H24N4O2S/c1-15(2)14-27-21(20(25-23(27)30)18-6-3-4-12-24-18)19-7-5-13-26(19)17-10-8-16(9-11-17)22(28)29/h3-13,15,20-21H,14H2,1-2H3,(H,25,30)(H,28,29). The van der Waals surface area contributed by atoms with Gasteiger partial charge in [0.1, 0.15) is 0 Å². The van der Waals surface area contributed by atoms with Crippen molar-refractivity contribution in [2.75, 3.05) is 6.54 Å². The first-order valence-corrected chi connectivity index (χ1v) is 10.4. The van der Waals surface area contributed by atoms with Crippen molar-refractivity contribution < 1.29 is 9.90 Å². The van der Waals surface area contributed by atoms with Crippen molar-refractivity contribution in [3.8, 4) is 5.69 Å². The Bertz CT molecular complexity index is 1050. The number of carboxylic acids is 1. The van der Waals surface area contributed by atoms with Gasteiger partial charge in [0.15, 0.2) is 5.11 Å². The fourth-order valence-electron chi connectivity index (χ4n) is 3.95. The smallest absolute Gasteiger partial charge is 0.335 e. The molecule has 0 bridgehead atoms. The van der Waals surface area contributed by atoms with Gasteiger partial charge < -0.3 is 19.9 Å². The van der Waals surface area contributed by atoms with Gasteiger partial charge in [0, 0.05) is 30.3 Å². The van der Waals surface area contributed by atoms with Crippen LogP contribution in [0.5, 0.6) is 0 Å². The number of carboxylic acid groups (broad SMARTS) is 1. The topological polar surface area (TPSA) is 70.4 Å². The molecule has 3 aromatic rings. The molecular formula is C23H24N4O2S. The van der Waals surface area contributed by atoms with E-state index in [0.717, 1.165) is 28.7 Å². The summed E-state index contributed by atoms with van der Waals surface area (Å²) in [6.07, 6.45) is 3.79. The number of pyridine rings is 1. The highest BCUT2D eigenvalue weighted by molar-refractivity contribution is 7.80. The molecule has 1 aliphatic heterocycles. The molecule has 1 fully saturated rings. The number of nitrogens with zero attached hydrogens (tertiary/aromatic N) is 3. The maximum atomic E-state index is 11.2. The Kier molecular flexibility index (Phi) is 5.55. The van der Waals surface area contributed by atoms with E-state index in [2.05, 4.69) is 39.7 Å². The van der Waals surface area contributed by atoms with E-state index >= 15 is 0 Å². The third-order valence-corrected chi connectivity index (χ3v) is 5.59. The van der Waals surface area contributed by atoms with E-state index < -0.39 is 5.97 Å². The zero-order valence-corrected chi connectivity index (χ0v) is 17.7.